The lowest BCUT2D eigenvalue weighted by Crippen LogP contribution is -2.40. The highest BCUT2D eigenvalue weighted by atomic mass is 16.5. The fraction of sp³-hybridized carbons (Fsp3) is 0.556. The van der Waals surface area contributed by atoms with Gasteiger partial charge in [-0.25, -0.2) is 0 Å². The maximum Gasteiger partial charge on any atom is 0.163 e. The van der Waals surface area contributed by atoms with Gasteiger partial charge in [0.15, 0.2) is 5.82 Å². The Morgan fingerprint density at radius 1 is 1.30 bits per heavy atom. The van der Waals surface area contributed by atoms with Gasteiger partial charge in [0.05, 0.1) is 6.61 Å². The van der Waals surface area contributed by atoms with Gasteiger partial charge in [-0.05, 0) is 31.4 Å². The molecule has 5 nitrogen and oxygen atoms in total. The summed E-state index contributed by atoms with van der Waals surface area (Å²) in [4.78, 5) is 2.49. The molecule has 1 aliphatic heterocycles. The molecular formula is C18H26N4O. The second-order valence-corrected chi connectivity index (χ2v) is 6.24. The van der Waals surface area contributed by atoms with Crippen molar-refractivity contribution in [2.24, 2.45) is 0 Å². The Labute approximate surface area is 138 Å². The minimum atomic E-state index is 0.0400. The van der Waals surface area contributed by atoms with Crippen LogP contribution in [0.3, 0.4) is 0 Å². The van der Waals surface area contributed by atoms with E-state index >= 15 is 0 Å². The minimum absolute atomic E-state index is 0.0400. The molecule has 2 heterocycles. The number of ether oxygens (including phenoxy) is 1. The van der Waals surface area contributed by atoms with E-state index in [9.17, 15) is 0 Å². The fourth-order valence-electron chi connectivity index (χ4n) is 3.14. The lowest BCUT2D eigenvalue weighted by atomic mass is 9.97. The van der Waals surface area contributed by atoms with Crippen LogP contribution in [0.1, 0.15) is 43.7 Å². The van der Waals surface area contributed by atoms with Crippen molar-refractivity contribution in [1.29, 1.82) is 0 Å². The van der Waals surface area contributed by atoms with Gasteiger partial charge in [-0.1, -0.05) is 37.3 Å². The van der Waals surface area contributed by atoms with Crippen LogP contribution >= 0.6 is 0 Å². The molecule has 0 bridgehead atoms. The Hall–Kier alpha value is -1.72. The van der Waals surface area contributed by atoms with E-state index in [0.717, 1.165) is 45.0 Å². The zero-order valence-electron chi connectivity index (χ0n) is 14.1. The number of morpholine rings is 1. The summed E-state index contributed by atoms with van der Waals surface area (Å²) in [6, 6.07) is 10.8. The first-order valence-corrected chi connectivity index (χ1v) is 8.54. The molecule has 0 saturated carbocycles. The minimum Gasteiger partial charge on any atom is -0.368 e. The van der Waals surface area contributed by atoms with Gasteiger partial charge in [0.25, 0.3) is 0 Å². The van der Waals surface area contributed by atoms with Gasteiger partial charge in [-0.3, -0.25) is 4.90 Å². The highest BCUT2D eigenvalue weighted by molar-refractivity contribution is 5.18. The molecule has 0 N–H and O–H groups in total. The third-order valence-electron chi connectivity index (χ3n) is 4.67. The molecule has 1 fully saturated rings. The SMILES string of the molecule is CCn1cnnc1[C@H]1CN(CC[C@H](C)c2ccccc2)CCO1. The van der Waals surface area contributed by atoms with Crippen molar-refractivity contribution in [1.82, 2.24) is 19.7 Å². The topological polar surface area (TPSA) is 43.2 Å². The summed E-state index contributed by atoms with van der Waals surface area (Å²) in [5.41, 5.74) is 1.42. The maximum atomic E-state index is 5.92. The summed E-state index contributed by atoms with van der Waals surface area (Å²) in [5.74, 6) is 1.53. The van der Waals surface area contributed by atoms with Gasteiger partial charge in [0.1, 0.15) is 12.4 Å². The zero-order chi connectivity index (χ0) is 16.1. The van der Waals surface area contributed by atoms with Crippen LogP contribution in [0.25, 0.3) is 0 Å². The second-order valence-electron chi connectivity index (χ2n) is 6.24. The van der Waals surface area contributed by atoms with E-state index in [0.29, 0.717) is 5.92 Å². The first kappa shape index (κ1) is 16.1. The van der Waals surface area contributed by atoms with E-state index in [2.05, 4.69) is 63.8 Å². The molecular weight excluding hydrogens is 288 g/mol. The van der Waals surface area contributed by atoms with Crippen molar-refractivity contribution in [3.63, 3.8) is 0 Å². The van der Waals surface area contributed by atoms with Crippen LogP contribution in [0.4, 0.5) is 0 Å². The number of benzene rings is 1. The van der Waals surface area contributed by atoms with Crippen LogP contribution in [0.15, 0.2) is 36.7 Å². The van der Waals surface area contributed by atoms with E-state index in [1.54, 1.807) is 6.33 Å². The number of hydrogen-bond acceptors (Lipinski definition) is 4. The Balaban J connectivity index is 1.55. The number of nitrogens with zero attached hydrogens (tertiary/aromatic N) is 4. The average Bonchev–Trinajstić information content (AvgIpc) is 3.09. The largest absolute Gasteiger partial charge is 0.368 e. The molecule has 2 aromatic rings. The van der Waals surface area contributed by atoms with Crippen molar-refractivity contribution < 1.29 is 4.74 Å². The molecule has 2 atom stereocenters. The highest BCUT2D eigenvalue weighted by Crippen LogP contribution is 2.23. The predicted molar refractivity (Wildman–Crippen MR) is 90.3 cm³/mol. The van der Waals surface area contributed by atoms with Gasteiger partial charge in [-0.2, -0.15) is 0 Å². The Morgan fingerprint density at radius 2 is 2.13 bits per heavy atom. The normalized spacial score (nSPS) is 20.5. The van der Waals surface area contributed by atoms with Crippen molar-refractivity contribution in [3.05, 3.63) is 48.0 Å². The summed E-state index contributed by atoms with van der Waals surface area (Å²) in [6.45, 7) is 9.05. The van der Waals surface area contributed by atoms with Crippen molar-refractivity contribution in [3.8, 4) is 0 Å². The van der Waals surface area contributed by atoms with Crippen molar-refractivity contribution in [2.45, 2.75) is 38.8 Å². The fourth-order valence-corrected chi connectivity index (χ4v) is 3.14. The van der Waals surface area contributed by atoms with Crippen molar-refractivity contribution in [2.75, 3.05) is 26.2 Å². The molecule has 1 saturated heterocycles. The smallest absolute Gasteiger partial charge is 0.163 e. The number of aryl methyl sites for hydroxylation is 1. The lowest BCUT2D eigenvalue weighted by Gasteiger charge is -2.33. The summed E-state index contributed by atoms with van der Waals surface area (Å²) in [5, 5.41) is 8.27. The zero-order valence-corrected chi connectivity index (χ0v) is 14.1. The number of rotatable bonds is 6. The van der Waals surface area contributed by atoms with E-state index < -0.39 is 0 Å². The maximum absolute atomic E-state index is 5.92. The Kier molecular flexibility index (Phi) is 5.41. The molecule has 1 aliphatic rings. The van der Waals surface area contributed by atoms with Crippen molar-refractivity contribution >= 4 is 0 Å². The third kappa shape index (κ3) is 3.98. The second kappa shape index (κ2) is 7.70. The first-order valence-electron chi connectivity index (χ1n) is 8.54. The Morgan fingerprint density at radius 3 is 2.91 bits per heavy atom. The van der Waals surface area contributed by atoms with Crippen LogP contribution in [0, 0.1) is 0 Å². The molecule has 1 aromatic carbocycles. The lowest BCUT2D eigenvalue weighted by molar-refractivity contribution is -0.0366. The number of hydrogen-bond donors (Lipinski definition) is 0. The summed E-state index contributed by atoms with van der Waals surface area (Å²) >= 11 is 0. The number of aromatic nitrogens is 3. The average molecular weight is 314 g/mol. The van der Waals surface area contributed by atoms with Crippen LogP contribution in [-0.4, -0.2) is 45.9 Å². The van der Waals surface area contributed by atoms with Gasteiger partial charge >= 0.3 is 0 Å². The van der Waals surface area contributed by atoms with E-state index in [4.69, 9.17) is 4.74 Å². The quantitative estimate of drug-likeness (QED) is 0.822. The summed E-state index contributed by atoms with van der Waals surface area (Å²) in [6.07, 6.45) is 2.99. The summed E-state index contributed by atoms with van der Waals surface area (Å²) < 4.78 is 7.99. The van der Waals surface area contributed by atoms with Crippen LogP contribution in [0.2, 0.25) is 0 Å². The molecule has 0 aliphatic carbocycles. The van der Waals surface area contributed by atoms with E-state index in [1.165, 1.54) is 5.56 Å². The molecule has 5 heteroatoms. The van der Waals surface area contributed by atoms with Gasteiger partial charge < -0.3 is 9.30 Å². The highest BCUT2D eigenvalue weighted by Gasteiger charge is 2.25. The van der Waals surface area contributed by atoms with E-state index in [1.807, 2.05) is 0 Å². The summed E-state index contributed by atoms with van der Waals surface area (Å²) in [7, 11) is 0. The monoisotopic (exact) mass is 314 g/mol. The Bertz CT molecular complexity index is 598. The van der Waals surface area contributed by atoms with Crippen LogP contribution in [0.5, 0.6) is 0 Å². The molecule has 124 valence electrons. The third-order valence-corrected chi connectivity index (χ3v) is 4.67. The predicted octanol–water partition coefficient (Wildman–Crippen LogP) is 2.87. The van der Waals surface area contributed by atoms with Gasteiger partial charge in [0, 0.05) is 19.6 Å². The molecule has 3 rings (SSSR count). The molecule has 23 heavy (non-hydrogen) atoms. The molecule has 1 aromatic heterocycles. The van der Waals surface area contributed by atoms with E-state index in [-0.39, 0.29) is 6.10 Å². The van der Waals surface area contributed by atoms with Gasteiger partial charge in [0.2, 0.25) is 0 Å². The van der Waals surface area contributed by atoms with Gasteiger partial charge in [-0.15, -0.1) is 10.2 Å². The first-order chi connectivity index (χ1) is 11.3. The molecule has 0 spiro atoms. The standard InChI is InChI=1S/C18H26N4O/c1-3-22-14-19-20-18(22)17-13-21(11-12-23-17)10-9-15(2)16-7-5-4-6-8-16/h4-8,14-15,17H,3,9-13H2,1-2H3/t15-,17+/m0/s1. The van der Waals surface area contributed by atoms with Crippen LogP contribution in [-0.2, 0) is 11.3 Å². The van der Waals surface area contributed by atoms with Crippen LogP contribution < -0.4 is 0 Å². The molecule has 0 unspecified atom stereocenters. The molecule has 0 radical (unpaired) electrons. The molecule has 0 amide bonds.